The molecule has 0 aliphatic heterocycles. The minimum absolute atomic E-state index is 0.195. The molecule has 0 fully saturated rings. The van der Waals surface area contributed by atoms with Crippen LogP contribution < -0.4 is 0 Å². The lowest BCUT2D eigenvalue weighted by molar-refractivity contribution is -0.176. The van der Waals surface area contributed by atoms with Gasteiger partial charge in [0.25, 0.3) is 0 Å². The molecule has 0 spiro atoms. The average molecular weight is 354 g/mol. The number of rotatable bonds is 8. The van der Waals surface area contributed by atoms with E-state index in [0.29, 0.717) is 0 Å². The van der Waals surface area contributed by atoms with Crippen LogP contribution in [0.15, 0.2) is 24.3 Å². The third kappa shape index (κ3) is 7.32. The predicted octanol–water partition coefficient (Wildman–Crippen LogP) is 2.35. The third-order valence-corrected chi connectivity index (χ3v) is 3.12. The molecule has 0 amide bonds. The number of ether oxygens (including phenoxy) is 3. The van der Waals surface area contributed by atoms with Crippen LogP contribution >= 0.6 is 0 Å². The van der Waals surface area contributed by atoms with Crippen molar-refractivity contribution in [1.82, 2.24) is 0 Å². The molecular formula is C18H26O7. The van der Waals surface area contributed by atoms with E-state index in [0.717, 1.165) is 0 Å². The SMILES string of the molecule is C=C(C)C(=O)OCC(C)(C)C(=O)OC(=O)C(C)(C)COC(=O)C(=C)C. The zero-order valence-corrected chi connectivity index (χ0v) is 15.7. The van der Waals surface area contributed by atoms with E-state index in [1.807, 2.05) is 0 Å². The van der Waals surface area contributed by atoms with E-state index in [1.165, 1.54) is 41.5 Å². The van der Waals surface area contributed by atoms with Gasteiger partial charge in [-0.1, -0.05) is 13.2 Å². The zero-order chi connectivity index (χ0) is 20.0. The summed E-state index contributed by atoms with van der Waals surface area (Å²) in [5.74, 6) is -2.99. The van der Waals surface area contributed by atoms with Crippen molar-refractivity contribution in [3.8, 4) is 0 Å². The van der Waals surface area contributed by atoms with Crippen LogP contribution in [-0.4, -0.2) is 37.1 Å². The standard InChI is InChI=1S/C18H26O7/c1-11(2)13(19)23-9-17(5,6)15(21)25-16(22)18(7,8)10-24-14(20)12(3)4/h1,3,9-10H2,2,4-8H3. The van der Waals surface area contributed by atoms with Crippen LogP contribution in [0, 0.1) is 10.8 Å². The molecule has 0 aromatic heterocycles. The minimum Gasteiger partial charge on any atom is -0.461 e. The van der Waals surface area contributed by atoms with Crippen molar-refractivity contribution in [2.45, 2.75) is 41.5 Å². The van der Waals surface area contributed by atoms with Gasteiger partial charge in [0.15, 0.2) is 0 Å². The quantitative estimate of drug-likeness (QED) is 0.286. The van der Waals surface area contributed by atoms with Gasteiger partial charge in [-0.3, -0.25) is 9.59 Å². The summed E-state index contributed by atoms with van der Waals surface area (Å²) in [7, 11) is 0. The summed E-state index contributed by atoms with van der Waals surface area (Å²) in [5, 5.41) is 0. The molecule has 0 bridgehead atoms. The van der Waals surface area contributed by atoms with E-state index >= 15 is 0 Å². The lowest BCUT2D eigenvalue weighted by Crippen LogP contribution is -2.39. The molecule has 0 heterocycles. The molecule has 0 aromatic rings. The van der Waals surface area contributed by atoms with E-state index in [-0.39, 0.29) is 24.4 Å². The highest BCUT2D eigenvalue weighted by Crippen LogP contribution is 2.23. The Hall–Kier alpha value is -2.44. The highest BCUT2D eigenvalue weighted by Gasteiger charge is 2.38. The Morgan fingerprint density at radius 2 is 1.00 bits per heavy atom. The third-order valence-electron chi connectivity index (χ3n) is 3.12. The van der Waals surface area contributed by atoms with E-state index < -0.39 is 34.7 Å². The summed E-state index contributed by atoms with van der Waals surface area (Å²) in [6.07, 6.45) is 0. The molecule has 0 saturated carbocycles. The van der Waals surface area contributed by atoms with Crippen LogP contribution in [0.5, 0.6) is 0 Å². The van der Waals surface area contributed by atoms with Crippen LogP contribution in [0.2, 0.25) is 0 Å². The Morgan fingerprint density at radius 3 is 1.24 bits per heavy atom. The molecule has 7 heteroatoms. The number of hydrogen-bond acceptors (Lipinski definition) is 7. The molecule has 0 aromatic carbocycles. The monoisotopic (exact) mass is 354 g/mol. The molecule has 25 heavy (non-hydrogen) atoms. The largest absolute Gasteiger partial charge is 0.461 e. The normalized spacial score (nSPS) is 11.3. The van der Waals surface area contributed by atoms with Crippen LogP contribution in [0.25, 0.3) is 0 Å². The second kappa shape index (κ2) is 8.60. The van der Waals surface area contributed by atoms with Gasteiger partial charge in [-0.05, 0) is 41.5 Å². The Balaban J connectivity index is 4.77. The lowest BCUT2D eigenvalue weighted by Gasteiger charge is -2.25. The van der Waals surface area contributed by atoms with Crippen molar-refractivity contribution >= 4 is 23.9 Å². The van der Waals surface area contributed by atoms with Crippen molar-refractivity contribution in [2.24, 2.45) is 10.8 Å². The first-order valence-electron chi connectivity index (χ1n) is 7.62. The first-order chi connectivity index (χ1) is 11.2. The molecular weight excluding hydrogens is 328 g/mol. The highest BCUT2D eigenvalue weighted by atomic mass is 16.6. The molecule has 0 unspecified atom stereocenters. The minimum atomic E-state index is -1.23. The molecule has 0 rings (SSSR count). The van der Waals surface area contributed by atoms with Gasteiger partial charge in [0.1, 0.15) is 13.2 Å². The second-order valence-electron chi connectivity index (χ2n) is 7.16. The van der Waals surface area contributed by atoms with Gasteiger partial charge in [-0.25, -0.2) is 9.59 Å². The number of esters is 4. The van der Waals surface area contributed by atoms with Gasteiger partial charge >= 0.3 is 23.9 Å². The maximum absolute atomic E-state index is 12.2. The number of carbonyl (C=O) groups excluding carboxylic acids is 4. The summed E-state index contributed by atoms with van der Waals surface area (Å²) in [6, 6.07) is 0. The average Bonchev–Trinajstić information content (AvgIpc) is 2.49. The smallest absolute Gasteiger partial charge is 0.333 e. The van der Waals surface area contributed by atoms with E-state index in [4.69, 9.17) is 14.2 Å². The summed E-state index contributed by atoms with van der Waals surface area (Å²) < 4.78 is 14.7. The van der Waals surface area contributed by atoms with Crippen molar-refractivity contribution in [1.29, 1.82) is 0 Å². The Morgan fingerprint density at radius 1 is 0.720 bits per heavy atom. The number of carbonyl (C=O) groups is 4. The summed E-state index contributed by atoms with van der Waals surface area (Å²) in [6.45, 7) is 15.2. The lowest BCUT2D eigenvalue weighted by atomic mass is 9.93. The van der Waals surface area contributed by atoms with Crippen molar-refractivity contribution in [3.05, 3.63) is 24.3 Å². The highest BCUT2D eigenvalue weighted by molar-refractivity contribution is 5.92. The first kappa shape index (κ1) is 22.6. The maximum Gasteiger partial charge on any atom is 0.333 e. The van der Waals surface area contributed by atoms with Crippen LogP contribution in [0.3, 0.4) is 0 Å². The molecule has 0 aliphatic rings. The fraction of sp³-hybridized carbons (Fsp3) is 0.556. The van der Waals surface area contributed by atoms with Gasteiger partial charge in [0, 0.05) is 11.1 Å². The van der Waals surface area contributed by atoms with Crippen molar-refractivity contribution < 1.29 is 33.4 Å². The topological polar surface area (TPSA) is 96.0 Å². The Kier molecular flexibility index (Phi) is 7.76. The van der Waals surface area contributed by atoms with Crippen molar-refractivity contribution in [3.63, 3.8) is 0 Å². The van der Waals surface area contributed by atoms with Gasteiger partial charge in [-0.2, -0.15) is 0 Å². The molecule has 0 aliphatic carbocycles. The van der Waals surface area contributed by atoms with Gasteiger partial charge < -0.3 is 14.2 Å². The summed E-state index contributed by atoms with van der Waals surface area (Å²) in [4.78, 5) is 47.1. The van der Waals surface area contributed by atoms with Gasteiger partial charge in [0.05, 0.1) is 10.8 Å². The first-order valence-corrected chi connectivity index (χ1v) is 7.62. The van der Waals surface area contributed by atoms with Gasteiger partial charge in [0.2, 0.25) is 0 Å². The fourth-order valence-corrected chi connectivity index (χ4v) is 1.22. The molecule has 140 valence electrons. The van der Waals surface area contributed by atoms with E-state index in [9.17, 15) is 19.2 Å². The van der Waals surface area contributed by atoms with Crippen LogP contribution in [-0.2, 0) is 33.4 Å². The Bertz CT molecular complexity index is 545. The molecule has 0 N–H and O–H groups in total. The fourth-order valence-electron chi connectivity index (χ4n) is 1.22. The van der Waals surface area contributed by atoms with Gasteiger partial charge in [-0.15, -0.1) is 0 Å². The zero-order valence-electron chi connectivity index (χ0n) is 15.7. The Labute approximate surface area is 148 Å². The number of hydrogen-bond donors (Lipinski definition) is 0. The van der Waals surface area contributed by atoms with E-state index in [2.05, 4.69) is 13.2 Å². The summed E-state index contributed by atoms with van der Waals surface area (Å²) in [5.41, 5.74) is -2.07. The van der Waals surface area contributed by atoms with Crippen LogP contribution in [0.1, 0.15) is 41.5 Å². The molecule has 0 radical (unpaired) electrons. The van der Waals surface area contributed by atoms with E-state index in [1.54, 1.807) is 0 Å². The molecule has 0 atom stereocenters. The second-order valence-corrected chi connectivity index (χ2v) is 7.16. The molecule has 7 nitrogen and oxygen atoms in total. The predicted molar refractivity (Wildman–Crippen MR) is 90.2 cm³/mol. The summed E-state index contributed by atoms with van der Waals surface area (Å²) >= 11 is 0. The van der Waals surface area contributed by atoms with Crippen molar-refractivity contribution in [2.75, 3.05) is 13.2 Å². The van der Waals surface area contributed by atoms with Crippen LogP contribution in [0.4, 0.5) is 0 Å². The molecule has 0 saturated heterocycles. The maximum atomic E-state index is 12.2.